The third-order valence-corrected chi connectivity index (χ3v) is 13.5. The van der Waals surface area contributed by atoms with Crippen molar-refractivity contribution >= 4 is 70.8 Å². The third kappa shape index (κ3) is 17.3. The van der Waals surface area contributed by atoms with Gasteiger partial charge in [-0.1, -0.05) is 82.6 Å². The first-order chi connectivity index (χ1) is 35.9. The van der Waals surface area contributed by atoms with Gasteiger partial charge in [-0.25, -0.2) is 9.59 Å². The Morgan fingerprint density at radius 1 is 0.855 bits per heavy atom. The summed E-state index contributed by atoms with van der Waals surface area (Å²) in [6.07, 6.45) is 1.34. The Labute approximate surface area is 447 Å². The number of amides is 8. The molecule has 0 aliphatic carbocycles. The SMILES string of the molecule is COc1ccc(C[C@H]2NC(=O)/C=C/C[C@@H](C(C)C3OC3c3ccc(CNC(=O)C(C)NC(=O)[C@@H](NC(=O)CCCC(=O)ON4C(=O)CCC4=O)C(C)C)cc3)OC(=O)C(CC(C)C)NC(=O)C(C)(C)CNC2=O)cc1Cl. The van der Waals surface area contributed by atoms with E-state index in [1.165, 1.54) is 20.1 Å². The molecule has 414 valence electrons. The topological polar surface area (TPSA) is 286 Å². The summed E-state index contributed by atoms with van der Waals surface area (Å²) in [4.78, 5) is 134. The van der Waals surface area contributed by atoms with Crippen LogP contribution in [0, 0.1) is 23.2 Å². The summed E-state index contributed by atoms with van der Waals surface area (Å²) in [6.45, 7) is 14.0. The van der Waals surface area contributed by atoms with Gasteiger partial charge >= 0.3 is 11.9 Å². The first-order valence-corrected chi connectivity index (χ1v) is 26.0. The maximum Gasteiger partial charge on any atom is 0.333 e. The highest BCUT2D eigenvalue weighted by Gasteiger charge is 2.48. The zero-order chi connectivity index (χ0) is 56.0. The van der Waals surface area contributed by atoms with Crippen LogP contribution < -0.4 is 36.6 Å². The molecule has 2 aromatic rings. The van der Waals surface area contributed by atoms with Crippen molar-refractivity contribution in [2.24, 2.45) is 23.2 Å². The molecule has 3 aliphatic rings. The van der Waals surface area contributed by atoms with E-state index >= 15 is 0 Å². The number of rotatable bonds is 20. The average molecular weight is 1080 g/mol. The number of ether oxygens (including phenoxy) is 3. The zero-order valence-electron chi connectivity index (χ0n) is 44.6. The molecule has 3 aliphatic heterocycles. The van der Waals surface area contributed by atoms with Gasteiger partial charge in [0, 0.05) is 57.5 Å². The Bertz CT molecular complexity index is 2500. The summed E-state index contributed by atoms with van der Waals surface area (Å²) >= 11 is 6.38. The molecule has 2 fully saturated rings. The monoisotopic (exact) mass is 1080 g/mol. The second-order valence-electron chi connectivity index (χ2n) is 20.9. The molecule has 2 aromatic carbocycles. The van der Waals surface area contributed by atoms with Crippen molar-refractivity contribution in [3.8, 4) is 5.75 Å². The standard InChI is InChI=1S/C54H72ClN7O14/c1-29(2)24-38-52(71)74-39(12-10-13-41(63)59-37(26-34-18-21-40(73-9)36(55)25-34)50(69)57-28-54(7,8)53(72)60-38)31(5)47-48(75-47)35-19-16-33(17-20-35)27-56-49(68)32(6)58-51(70)46(30(3)4)61-42(64)14-11-15-45(67)76-62-43(65)22-23-44(62)66/h10,13,16-21,25,29-32,37-39,46-48H,11-12,14-15,22-24,26-28H2,1-9H3,(H,56,68)(H,57,69)(H,58,70)(H,59,63)(H,60,72)(H,61,64)/b13-10+/t31?,32?,37-,38?,39+,46+,47?,48?/m1/s1. The number of hydrogen-bond donors (Lipinski definition) is 6. The van der Waals surface area contributed by atoms with Crippen LogP contribution in [0.5, 0.6) is 5.75 Å². The van der Waals surface area contributed by atoms with E-state index in [0.29, 0.717) is 21.4 Å². The minimum absolute atomic E-state index is 0.00390. The van der Waals surface area contributed by atoms with E-state index in [2.05, 4.69) is 31.9 Å². The fourth-order valence-corrected chi connectivity index (χ4v) is 8.76. The van der Waals surface area contributed by atoms with Gasteiger partial charge in [0.15, 0.2) is 0 Å². The Morgan fingerprint density at radius 3 is 2.16 bits per heavy atom. The number of nitrogens with one attached hydrogen (secondary N) is 6. The lowest BCUT2D eigenvalue weighted by Crippen LogP contribution is -2.54. The van der Waals surface area contributed by atoms with Gasteiger partial charge in [0.05, 0.1) is 23.7 Å². The number of nitrogens with zero attached hydrogens (tertiary/aromatic N) is 1. The zero-order valence-corrected chi connectivity index (χ0v) is 45.3. The van der Waals surface area contributed by atoms with Crippen LogP contribution in [-0.2, 0) is 75.2 Å². The minimum Gasteiger partial charge on any atom is -0.495 e. The van der Waals surface area contributed by atoms with Gasteiger partial charge in [0.1, 0.15) is 42.1 Å². The van der Waals surface area contributed by atoms with E-state index in [4.69, 9.17) is 30.6 Å². The van der Waals surface area contributed by atoms with E-state index in [9.17, 15) is 47.9 Å². The molecule has 3 heterocycles. The van der Waals surface area contributed by atoms with E-state index in [1.54, 1.807) is 52.0 Å². The van der Waals surface area contributed by atoms with Crippen LogP contribution in [0.3, 0.4) is 0 Å². The van der Waals surface area contributed by atoms with Gasteiger partial charge in [-0.15, -0.1) is 5.06 Å². The minimum atomic E-state index is -1.17. The van der Waals surface area contributed by atoms with Crippen molar-refractivity contribution in [2.45, 2.75) is 156 Å². The highest BCUT2D eigenvalue weighted by atomic mass is 35.5. The molecule has 0 radical (unpaired) electrons. The van der Waals surface area contributed by atoms with Crippen LogP contribution in [0.15, 0.2) is 54.6 Å². The summed E-state index contributed by atoms with van der Waals surface area (Å²) in [5, 5.41) is 17.3. The lowest BCUT2D eigenvalue weighted by atomic mass is 9.90. The second kappa shape index (κ2) is 27.3. The van der Waals surface area contributed by atoms with Gasteiger partial charge in [-0.05, 0) is 80.3 Å². The molecule has 5 rings (SSSR count). The number of carbonyl (C=O) groups excluding carboxylic acids is 10. The molecule has 8 amide bonds. The molecule has 2 saturated heterocycles. The smallest absolute Gasteiger partial charge is 0.333 e. The second-order valence-corrected chi connectivity index (χ2v) is 21.3. The van der Waals surface area contributed by atoms with Crippen molar-refractivity contribution in [2.75, 3.05) is 13.7 Å². The Morgan fingerprint density at radius 2 is 1.53 bits per heavy atom. The van der Waals surface area contributed by atoms with Gasteiger partial charge in [-0.3, -0.25) is 38.4 Å². The molecule has 0 aromatic heterocycles. The summed E-state index contributed by atoms with van der Waals surface area (Å²) in [7, 11) is 1.49. The van der Waals surface area contributed by atoms with E-state index in [0.717, 1.165) is 11.1 Å². The van der Waals surface area contributed by atoms with Crippen molar-refractivity contribution in [3.05, 3.63) is 76.3 Å². The molecule has 22 heteroatoms. The summed E-state index contributed by atoms with van der Waals surface area (Å²) in [5.74, 6) is -6.15. The maximum absolute atomic E-state index is 14.0. The van der Waals surface area contributed by atoms with E-state index < -0.39 is 107 Å². The molecule has 6 N–H and O–H groups in total. The number of epoxide rings is 1. The van der Waals surface area contributed by atoms with Crippen molar-refractivity contribution in [1.82, 2.24) is 37.0 Å². The Hall–Kier alpha value is -6.87. The Kier molecular flexibility index (Phi) is 21.5. The first-order valence-electron chi connectivity index (χ1n) is 25.6. The number of halogens is 1. The quantitative estimate of drug-likeness (QED) is 0.0626. The summed E-state index contributed by atoms with van der Waals surface area (Å²) in [6, 6.07) is 8.40. The highest BCUT2D eigenvalue weighted by molar-refractivity contribution is 6.32. The molecule has 0 saturated carbocycles. The van der Waals surface area contributed by atoms with Crippen LogP contribution in [0.4, 0.5) is 0 Å². The summed E-state index contributed by atoms with van der Waals surface area (Å²) < 4.78 is 17.6. The molecule has 5 unspecified atom stereocenters. The number of esters is 1. The molecule has 76 heavy (non-hydrogen) atoms. The number of benzene rings is 2. The van der Waals surface area contributed by atoms with Gasteiger partial charge in [0.25, 0.3) is 11.8 Å². The normalized spacial score (nSPS) is 22.8. The number of hydrogen-bond acceptors (Lipinski definition) is 14. The molecule has 21 nitrogen and oxygen atoms in total. The van der Waals surface area contributed by atoms with Crippen molar-refractivity contribution in [1.29, 1.82) is 0 Å². The van der Waals surface area contributed by atoms with Gasteiger partial charge < -0.3 is 50.9 Å². The number of methoxy groups -OCH3 is 1. The van der Waals surface area contributed by atoms with E-state index in [-0.39, 0.29) is 82.4 Å². The molecule has 0 bridgehead atoms. The molecular formula is C54H72ClN7O14. The van der Waals surface area contributed by atoms with Crippen LogP contribution >= 0.6 is 11.6 Å². The average Bonchev–Trinajstić information content (AvgIpc) is 4.11. The lowest BCUT2D eigenvalue weighted by Gasteiger charge is -2.30. The highest BCUT2D eigenvalue weighted by Crippen LogP contribution is 2.45. The summed E-state index contributed by atoms with van der Waals surface area (Å²) in [5.41, 5.74) is 1.06. The van der Waals surface area contributed by atoms with Gasteiger partial charge in [0.2, 0.25) is 35.4 Å². The van der Waals surface area contributed by atoms with Crippen LogP contribution in [0.2, 0.25) is 5.02 Å². The van der Waals surface area contributed by atoms with Crippen molar-refractivity contribution < 1.29 is 67.0 Å². The number of cyclic esters (lactones) is 1. The first kappa shape index (κ1) is 60.0. The molecule has 0 spiro atoms. The van der Waals surface area contributed by atoms with Crippen molar-refractivity contribution in [3.63, 3.8) is 0 Å². The fraction of sp³-hybridized carbons (Fsp3) is 0.556. The maximum atomic E-state index is 14.0. The lowest BCUT2D eigenvalue weighted by molar-refractivity contribution is -0.197. The predicted molar refractivity (Wildman–Crippen MR) is 276 cm³/mol. The fourth-order valence-electron chi connectivity index (χ4n) is 8.48. The van der Waals surface area contributed by atoms with E-state index in [1.807, 2.05) is 45.0 Å². The molecular weight excluding hydrogens is 1010 g/mol. The number of hydroxylamine groups is 2. The van der Waals surface area contributed by atoms with Crippen LogP contribution in [0.1, 0.15) is 123 Å². The molecule has 8 atom stereocenters. The largest absolute Gasteiger partial charge is 0.495 e. The van der Waals surface area contributed by atoms with Crippen LogP contribution in [0.25, 0.3) is 0 Å². The number of imide groups is 1. The predicted octanol–water partition coefficient (Wildman–Crippen LogP) is 3.74. The van der Waals surface area contributed by atoms with Gasteiger partial charge in [-0.2, -0.15) is 0 Å². The third-order valence-electron chi connectivity index (χ3n) is 13.2. The Balaban J connectivity index is 1.17. The number of carbonyl (C=O) groups is 10. The van der Waals surface area contributed by atoms with Crippen LogP contribution in [-0.4, -0.2) is 114 Å².